The van der Waals surface area contributed by atoms with Crippen molar-refractivity contribution >= 4 is 5.82 Å². The molecule has 1 aliphatic heterocycles. The van der Waals surface area contributed by atoms with Crippen LogP contribution >= 0.6 is 0 Å². The fourth-order valence-electron chi connectivity index (χ4n) is 2.15. The number of nitrogens with zero attached hydrogens (tertiary/aromatic N) is 2. The van der Waals surface area contributed by atoms with Crippen molar-refractivity contribution in [1.82, 2.24) is 9.55 Å². The first-order valence-electron chi connectivity index (χ1n) is 6.16. The molecule has 0 aliphatic carbocycles. The monoisotopic (exact) mass is 325 g/mol. The second kappa shape index (κ2) is 6.20. The van der Waals surface area contributed by atoms with Crippen molar-refractivity contribution in [1.29, 1.82) is 0 Å². The fraction of sp³-hybridized carbons (Fsp3) is 0.636. The van der Waals surface area contributed by atoms with Gasteiger partial charge in [0.15, 0.2) is 12.4 Å². The van der Waals surface area contributed by atoms with Gasteiger partial charge >= 0.3 is 12.3 Å². The van der Waals surface area contributed by atoms with E-state index < -0.39 is 49.6 Å². The van der Waals surface area contributed by atoms with Gasteiger partial charge in [-0.15, -0.1) is 0 Å². The number of nitrogen functional groups attached to an aromatic ring is 1. The molecule has 0 saturated carbocycles. The largest absolute Gasteiger partial charge is 0.393 e. The van der Waals surface area contributed by atoms with Crippen LogP contribution in [0.1, 0.15) is 6.23 Å². The maximum absolute atomic E-state index is 14.2. The van der Waals surface area contributed by atoms with Crippen LogP contribution in [0.15, 0.2) is 17.1 Å². The van der Waals surface area contributed by atoms with Crippen molar-refractivity contribution in [2.24, 2.45) is 0 Å². The zero-order chi connectivity index (χ0) is 16.5. The highest BCUT2D eigenvalue weighted by Crippen LogP contribution is 2.38. The van der Waals surface area contributed by atoms with Crippen LogP contribution in [0.25, 0.3) is 0 Å². The van der Waals surface area contributed by atoms with E-state index in [1.807, 2.05) is 0 Å². The molecule has 2 rings (SSSR count). The van der Waals surface area contributed by atoms with Gasteiger partial charge in [-0.1, -0.05) is 0 Å². The molecular formula is C11H14F3N3O5. The number of hydrogen-bond acceptors (Lipinski definition) is 7. The van der Waals surface area contributed by atoms with Crippen LogP contribution < -0.4 is 11.4 Å². The van der Waals surface area contributed by atoms with Gasteiger partial charge in [0.25, 0.3) is 0 Å². The van der Waals surface area contributed by atoms with E-state index in [2.05, 4.69) is 9.72 Å². The molecule has 0 amide bonds. The van der Waals surface area contributed by atoms with E-state index in [4.69, 9.17) is 10.5 Å². The summed E-state index contributed by atoms with van der Waals surface area (Å²) in [7, 11) is 0. The van der Waals surface area contributed by atoms with Crippen LogP contribution in [0.2, 0.25) is 0 Å². The zero-order valence-electron chi connectivity index (χ0n) is 11.1. The Bertz CT molecular complexity index is 586. The Morgan fingerprint density at radius 3 is 2.82 bits per heavy atom. The van der Waals surface area contributed by atoms with E-state index in [0.717, 1.165) is 6.20 Å². The number of aliphatic hydroxyl groups excluding tert-OH is 2. The molecule has 4 N–H and O–H groups in total. The summed E-state index contributed by atoms with van der Waals surface area (Å²) < 4.78 is 48.3. The highest BCUT2D eigenvalue weighted by Gasteiger charge is 2.56. The van der Waals surface area contributed by atoms with Gasteiger partial charge in [0.1, 0.15) is 17.5 Å². The summed E-state index contributed by atoms with van der Waals surface area (Å²) in [6.45, 7) is -5.15. The van der Waals surface area contributed by atoms with Crippen LogP contribution in [0, 0.1) is 0 Å². The van der Waals surface area contributed by atoms with Gasteiger partial charge in [0, 0.05) is 6.20 Å². The molecule has 1 aromatic heterocycles. The lowest BCUT2D eigenvalue weighted by Crippen LogP contribution is -2.49. The number of rotatable bonds is 5. The van der Waals surface area contributed by atoms with Gasteiger partial charge in [-0.3, -0.25) is 4.57 Å². The van der Waals surface area contributed by atoms with Crippen LogP contribution in [0.4, 0.5) is 19.0 Å². The summed E-state index contributed by atoms with van der Waals surface area (Å²) in [6.07, 6.45) is -4.73. The minimum atomic E-state index is -3.20. The Hall–Kier alpha value is -1.69. The lowest BCUT2D eigenvalue weighted by molar-refractivity contribution is -0.211. The number of halogens is 3. The summed E-state index contributed by atoms with van der Waals surface area (Å²) in [5.41, 5.74) is 2.22. The summed E-state index contributed by atoms with van der Waals surface area (Å²) in [5, 5.41) is 19.1. The predicted octanol–water partition coefficient (Wildman–Crippen LogP) is -0.976. The first kappa shape index (κ1) is 16.7. The van der Waals surface area contributed by atoms with E-state index in [1.165, 1.54) is 6.07 Å². The third-order valence-corrected chi connectivity index (χ3v) is 3.32. The second-order valence-electron chi connectivity index (χ2n) is 4.73. The SMILES string of the molecule is Nc1ccn([C@@H]2O[C@@](CO)(COC(F)F)[C@@H](O)[C@H]2F)c(=O)n1. The third kappa shape index (κ3) is 2.92. The van der Waals surface area contributed by atoms with Crippen LogP contribution in [0.5, 0.6) is 0 Å². The second-order valence-corrected chi connectivity index (χ2v) is 4.73. The lowest BCUT2D eigenvalue weighted by Gasteiger charge is -2.29. The summed E-state index contributed by atoms with van der Waals surface area (Å²) >= 11 is 0. The molecule has 0 aromatic carbocycles. The standard InChI is InChI=1S/C11H14F3N3O5/c12-6-7(19)11(3-18,4-21-9(13)14)22-8(6)17-2-1-5(15)16-10(17)20/h1-2,6-9,18-19H,3-4H2,(H2,15,16,20)/t6-,7+,8-,11+/m1/s1. The molecule has 11 heteroatoms. The molecule has 2 heterocycles. The maximum Gasteiger partial charge on any atom is 0.351 e. The van der Waals surface area contributed by atoms with Crippen molar-refractivity contribution in [2.75, 3.05) is 18.9 Å². The van der Waals surface area contributed by atoms with Crippen LogP contribution in [-0.2, 0) is 9.47 Å². The minimum absolute atomic E-state index is 0.107. The van der Waals surface area contributed by atoms with Crippen LogP contribution in [-0.4, -0.2) is 57.5 Å². The van der Waals surface area contributed by atoms with Crippen molar-refractivity contribution in [3.63, 3.8) is 0 Å². The van der Waals surface area contributed by atoms with Crippen molar-refractivity contribution in [3.05, 3.63) is 22.7 Å². The number of anilines is 1. The number of aliphatic hydroxyl groups is 2. The van der Waals surface area contributed by atoms with Gasteiger partial charge in [0.05, 0.1) is 13.2 Å². The Balaban J connectivity index is 2.30. The molecule has 1 fully saturated rings. The summed E-state index contributed by atoms with van der Waals surface area (Å²) in [4.78, 5) is 15.0. The van der Waals surface area contributed by atoms with Crippen LogP contribution in [0.3, 0.4) is 0 Å². The van der Waals surface area contributed by atoms with Gasteiger partial charge in [-0.2, -0.15) is 13.8 Å². The topological polar surface area (TPSA) is 120 Å². The maximum atomic E-state index is 14.2. The first-order chi connectivity index (χ1) is 10.3. The number of aromatic nitrogens is 2. The normalized spacial score (nSPS) is 31.8. The third-order valence-electron chi connectivity index (χ3n) is 3.32. The highest BCUT2D eigenvalue weighted by molar-refractivity contribution is 5.23. The molecule has 8 nitrogen and oxygen atoms in total. The number of ether oxygens (including phenoxy) is 2. The molecule has 1 aromatic rings. The molecule has 0 spiro atoms. The predicted molar refractivity (Wildman–Crippen MR) is 65.7 cm³/mol. The van der Waals surface area contributed by atoms with Crippen molar-refractivity contribution in [2.45, 2.75) is 30.7 Å². The molecule has 0 bridgehead atoms. The highest BCUT2D eigenvalue weighted by atomic mass is 19.3. The van der Waals surface area contributed by atoms with Gasteiger partial charge < -0.3 is 25.4 Å². The molecule has 1 aliphatic rings. The molecule has 22 heavy (non-hydrogen) atoms. The quantitative estimate of drug-likeness (QED) is 0.636. The molecule has 0 unspecified atom stereocenters. The Kier molecular flexibility index (Phi) is 4.70. The average Bonchev–Trinajstić information content (AvgIpc) is 2.71. The van der Waals surface area contributed by atoms with E-state index >= 15 is 0 Å². The molecule has 124 valence electrons. The van der Waals surface area contributed by atoms with E-state index in [0.29, 0.717) is 4.57 Å². The molecule has 4 atom stereocenters. The summed E-state index contributed by atoms with van der Waals surface area (Å²) in [6, 6.07) is 1.19. The smallest absolute Gasteiger partial charge is 0.351 e. The van der Waals surface area contributed by atoms with E-state index in [-0.39, 0.29) is 5.82 Å². The number of nitrogens with two attached hydrogens (primary N) is 1. The number of hydrogen-bond donors (Lipinski definition) is 3. The molecule has 0 radical (unpaired) electrons. The first-order valence-corrected chi connectivity index (χ1v) is 6.16. The Morgan fingerprint density at radius 1 is 1.59 bits per heavy atom. The summed E-state index contributed by atoms with van der Waals surface area (Å²) in [5.74, 6) is -0.107. The average molecular weight is 325 g/mol. The van der Waals surface area contributed by atoms with E-state index in [1.54, 1.807) is 0 Å². The molecular weight excluding hydrogens is 311 g/mol. The van der Waals surface area contributed by atoms with Gasteiger partial charge in [0.2, 0.25) is 0 Å². The van der Waals surface area contributed by atoms with Crippen molar-refractivity contribution in [3.8, 4) is 0 Å². The van der Waals surface area contributed by atoms with Crippen molar-refractivity contribution < 1.29 is 32.9 Å². The Morgan fingerprint density at radius 2 is 2.27 bits per heavy atom. The van der Waals surface area contributed by atoms with E-state index in [9.17, 15) is 28.2 Å². The zero-order valence-corrected chi connectivity index (χ0v) is 11.1. The van der Waals surface area contributed by atoms with Gasteiger partial charge in [-0.25, -0.2) is 9.18 Å². The lowest BCUT2D eigenvalue weighted by atomic mass is 9.98. The molecule has 1 saturated heterocycles. The fourth-order valence-corrected chi connectivity index (χ4v) is 2.15. The number of alkyl halides is 3. The minimum Gasteiger partial charge on any atom is -0.393 e. The Labute approximate surface area is 121 Å². The van der Waals surface area contributed by atoms with Gasteiger partial charge in [-0.05, 0) is 6.07 Å².